The normalized spacial score (nSPS) is 13.3. The summed E-state index contributed by atoms with van der Waals surface area (Å²) >= 11 is 0. The largest absolute Gasteiger partial charge is 0.455 e. The van der Waals surface area contributed by atoms with Crippen LogP contribution >= 0.6 is 0 Å². The SMILES string of the molecule is CC1(C)c2cc3ccccc3cc2-c2c(-c3cccc(-c4c5ccccc5c(-c5cccc6c5oc5ccccc56)c5ccccc45)c3)cccc21. The first-order valence-electron chi connectivity index (χ1n) is 18.2. The minimum absolute atomic E-state index is 0.0900. The molecule has 52 heavy (non-hydrogen) atoms. The number of hydrogen-bond acceptors (Lipinski definition) is 1. The molecule has 0 fully saturated rings. The van der Waals surface area contributed by atoms with E-state index in [0.717, 1.165) is 27.5 Å². The summed E-state index contributed by atoms with van der Waals surface area (Å²) in [6.07, 6.45) is 0. The van der Waals surface area contributed by atoms with Gasteiger partial charge in [0.1, 0.15) is 11.2 Å². The van der Waals surface area contributed by atoms with Crippen LogP contribution in [-0.4, -0.2) is 0 Å². The number of fused-ring (bicyclic) bond motifs is 9. The van der Waals surface area contributed by atoms with Gasteiger partial charge < -0.3 is 4.42 Å². The molecule has 1 aromatic heterocycles. The van der Waals surface area contributed by atoms with Crippen molar-refractivity contribution in [2.75, 3.05) is 0 Å². The molecule has 1 heterocycles. The summed E-state index contributed by atoms with van der Waals surface area (Å²) in [5.74, 6) is 0. The van der Waals surface area contributed by atoms with Crippen LogP contribution in [0, 0.1) is 0 Å². The summed E-state index contributed by atoms with van der Waals surface area (Å²) in [7, 11) is 0. The third-order valence-electron chi connectivity index (χ3n) is 11.6. The predicted molar refractivity (Wildman–Crippen MR) is 220 cm³/mol. The van der Waals surface area contributed by atoms with Gasteiger partial charge in [-0.05, 0) is 101 Å². The third kappa shape index (κ3) is 4.05. The van der Waals surface area contributed by atoms with Gasteiger partial charge in [0.25, 0.3) is 0 Å². The Morgan fingerprint density at radius 1 is 0.365 bits per heavy atom. The zero-order chi connectivity index (χ0) is 34.6. The second-order valence-corrected chi connectivity index (χ2v) is 14.8. The zero-order valence-corrected chi connectivity index (χ0v) is 29.1. The molecule has 1 aliphatic carbocycles. The highest BCUT2D eigenvalue weighted by Gasteiger charge is 2.37. The van der Waals surface area contributed by atoms with Crippen LogP contribution in [0.15, 0.2) is 174 Å². The molecule has 0 saturated heterocycles. The average Bonchev–Trinajstić information content (AvgIpc) is 3.68. The lowest BCUT2D eigenvalue weighted by molar-refractivity contribution is 0.661. The monoisotopic (exact) mass is 662 g/mol. The Morgan fingerprint density at radius 2 is 0.923 bits per heavy atom. The maximum Gasteiger partial charge on any atom is 0.143 e. The molecule has 11 rings (SSSR count). The van der Waals surface area contributed by atoms with Gasteiger partial charge in [0.15, 0.2) is 0 Å². The number of rotatable bonds is 3. The highest BCUT2D eigenvalue weighted by molar-refractivity contribution is 6.24. The molecule has 0 N–H and O–H groups in total. The summed E-state index contributed by atoms with van der Waals surface area (Å²) in [5.41, 5.74) is 14.6. The molecular weight excluding hydrogens is 629 g/mol. The van der Waals surface area contributed by atoms with Crippen LogP contribution in [0.1, 0.15) is 25.0 Å². The molecular formula is C51H34O. The van der Waals surface area contributed by atoms with Gasteiger partial charge >= 0.3 is 0 Å². The van der Waals surface area contributed by atoms with Gasteiger partial charge in [-0.1, -0.05) is 159 Å². The fraction of sp³-hybridized carbons (Fsp3) is 0.0588. The first-order valence-corrected chi connectivity index (χ1v) is 18.2. The van der Waals surface area contributed by atoms with Crippen molar-refractivity contribution in [1.82, 2.24) is 0 Å². The Bertz CT molecular complexity index is 3040. The molecule has 0 amide bonds. The second kappa shape index (κ2) is 10.8. The van der Waals surface area contributed by atoms with Crippen molar-refractivity contribution in [3.63, 3.8) is 0 Å². The van der Waals surface area contributed by atoms with Crippen molar-refractivity contribution in [2.45, 2.75) is 19.3 Å². The first-order chi connectivity index (χ1) is 25.6. The minimum Gasteiger partial charge on any atom is -0.455 e. The van der Waals surface area contributed by atoms with E-state index in [1.165, 1.54) is 82.4 Å². The van der Waals surface area contributed by atoms with Crippen LogP contribution in [0.5, 0.6) is 0 Å². The van der Waals surface area contributed by atoms with Gasteiger partial charge in [0.2, 0.25) is 0 Å². The fourth-order valence-corrected chi connectivity index (χ4v) is 9.23. The summed E-state index contributed by atoms with van der Waals surface area (Å²) < 4.78 is 6.62. The minimum atomic E-state index is -0.0900. The van der Waals surface area contributed by atoms with Gasteiger partial charge in [0, 0.05) is 27.3 Å². The smallest absolute Gasteiger partial charge is 0.143 e. The highest BCUT2D eigenvalue weighted by atomic mass is 16.3. The quantitative estimate of drug-likeness (QED) is 0.172. The maximum atomic E-state index is 6.62. The molecule has 1 aliphatic rings. The molecule has 0 spiro atoms. The lowest BCUT2D eigenvalue weighted by Gasteiger charge is -2.22. The van der Waals surface area contributed by atoms with E-state index in [-0.39, 0.29) is 5.41 Å². The van der Waals surface area contributed by atoms with Crippen LogP contribution in [0.2, 0.25) is 0 Å². The lowest BCUT2D eigenvalue weighted by atomic mass is 9.81. The number of hydrogen-bond donors (Lipinski definition) is 0. The maximum absolute atomic E-state index is 6.62. The average molecular weight is 663 g/mol. The Kier molecular flexibility index (Phi) is 6.08. The number of para-hydroxylation sites is 2. The molecule has 0 radical (unpaired) electrons. The van der Waals surface area contributed by atoms with E-state index in [2.05, 4.69) is 178 Å². The Balaban J connectivity index is 1.16. The summed E-state index contributed by atoms with van der Waals surface area (Å²) in [5, 5.41) is 9.78. The van der Waals surface area contributed by atoms with E-state index < -0.39 is 0 Å². The molecule has 0 aliphatic heterocycles. The van der Waals surface area contributed by atoms with E-state index in [1.54, 1.807) is 0 Å². The van der Waals surface area contributed by atoms with E-state index in [9.17, 15) is 0 Å². The van der Waals surface area contributed by atoms with Crippen molar-refractivity contribution in [3.05, 3.63) is 181 Å². The topological polar surface area (TPSA) is 13.1 Å². The van der Waals surface area contributed by atoms with E-state index in [4.69, 9.17) is 4.42 Å². The molecule has 10 aromatic rings. The molecule has 0 unspecified atom stereocenters. The first kappa shape index (κ1) is 29.3. The molecule has 9 aromatic carbocycles. The van der Waals surface area contributed by atoms with Gasteiger partial charge in [-0.15, -0.1) is 0 Å². The molecule has 1 nitrogen and oxygen atoms in total. The Hall–Kier alpha value is -6.44. The van der Waals surface area contributed by atoms with Crippen molar-refractivity contribution < 1.29 is 4.42 Å². The van der Waals surface area contributed by atoms with Crippen molar-refractivity contribution in [3.8, 4) is 44.5 Å². The lowest BCUT2D eigenvalue weighted by Crippen LogP contribution is -2.14. The molecule has 0 saturated carbocycles. The predicted octanol–water partition coefficient (Wildman–Crippen LogP) is 14.4. The van der Waals surface area contributed by atoms with E-state index in [1.807, 2.05) is 6.07 Å². The second-order valence-electron chi connectivity index (χ2n) is 14.8. The van der Waals surface area contributed by atoms with E-state index in [0.29, 0.717) is 0 Å². The van der Waals surface area contributed by atoms with Gasteiger partial charge in [-0.3, -0.25) is 0 Å². The number of benzene rings is 9. The molecule has 0 atom stereocenters. The van der Waals surface area contributed by atoms with Crippen LogP contribution in [0.4, 0.5) is 0 Å². The van der Waals surface area contributed by atoms with Gasteiger partial charge in [-0.25, -0.2) is 0 Å². The molecule has 0 bridgehead atoms. The Labute approximate surface area is 302 Å². The van der Waals surface area contributed by atoms with Crippen LogP contribution in [0.3, 0.4) is 0 Å². The van der Waals surface area contributed by atoms with Crippen molar-refractivity contribution in [2.24, 2.45) is 0 Å². The third-order valence-corrected chi connectivity index (χ3v) is 11.6. The summed E-state index contributed by atoms with van der Waals surface area (Å²) in [6.45, 7) is 4.75. The fourth-order valence-electron chi connectivity index (χ4n) is 9.23. The highest BCUT2D eigenvalue weighted by Crippen LogP contribution is 2.54. The van der Waals surface area contributed by atoms with Crippen LogP contribution < -0.4 is 0 Å². The van der Waals surface area contributed by atoms with Crippen LogP contribution in [-0.2, 0) is 5.41 Å². The van der Waals surface area contributed by atoms with Crippen molar-refractivity contribution >= 4 is 54.3 Å². The molecule has 244 valence electrons. The number of furan rings is 1. The Morgan fingerprint density at radius 3 is 1.67 bits per heavy atom. The van der Waals surface area contributed by atoms with Gasteiger partial charge in [0.05, 0.1) is 0 Å². The summed E-state index contributed by atoms with van der Waals surface area (Å²) in [6, 6.07) is 62.4. The van der Waals surface area contributed by atoms with Crippen molar-refractivity contribution in [1.29, 1.82) is 0 Å². The standard InChI is InChI=1S/C51H34O/c1-51(2)44-26-13-23-35(49(44)43-29-31-14-3-4-15-32(31)30-45(43)51)33-16-11-17-34(28-33)47-37-19-5-7-21-39(37)48(40-22-8-6-20-38(40)47)42-25-12-24-41-36-18-9-10-27-46(36)52-50(41)42/h3-30H,1-2H3. The van der Waals surface area contributed by atoms with Crippen LogP contribution in [0.25, 0.3) is 98.8 Å². The molecule has 1 heteroatoms. The zero-order valence-electron chi connectivity index (χ0n) is 29.1. The van der Waals surface area contributed by atoms with E-state index >= 15 is 0 Å². The van der Waals surface area contributed by atoms with Gasteiger partial charge in [-0.2, -0.15) is 0 Å². The summed E-state index contributed by atoms with van der Waals surface area (Å²) in [4.78, 5) is 0.